The van der Waals surface area contributed by atoms with Crippen LogP contribution in [0, 0.1) is 20.8 Å². The second-order valence-corrected chi connectivity index (χ2v) is 6.39. The molecule has 0 radical (unpaired) electrons. The van der Waals surface area contributed by atoms with Crippen molar-refractivity contribution in [1.29, 1.82) is 0 Å². The van der Waals surface area contributed by atoms with Crippen molar-refractivity contribution in [3.8, 4) is 5.75 Å². The number of nitrogens with zero attached hydrogens (tertiary/aromatic N) is 1. The smallest absolute Gasteiger partial charge is 0.288 e. The van der Waals surface area contributed by atoms with E-state index in [1.165, 1.54) is 18.2 Å². The Kier molecular flexibility index (Phi) is 6.39. The van der Waals surface area contributed by atoms with E-state index in [1.807, 2.05) is 19.1 Å². The first-order chi connectivity index (χ1) is 11.9. The molecule has 2 aromatic rings. The van der Waals surface area contributed by atoms with E-state index in [0.29, 0.717) is 12.3 Å². The van der Waals surface area contributed by atoms with E-state index in [2.05, 4.69) is 32.9 Å². The lowest BCUT2D eigenvalue weighted by Gasteiger charge is -2.22. The monoisotopic (exact) mass is 359 g/mol. The molecule has 0 bridgehead atoms. The molecule has 0 heterocycles. The van der Waals surface area contributed by atoms with Crippen LogP contribution in [0.5, 0.6) is 5.75 Å². The maximum atomic E-state index is 10.3. The van der Waals surface area contributed by atoms with E-state index in [4.69, 9.17) is 21.7 Å². The van der Waals surface area contributed by atoms with Gasteiger partial charge in [0.1, 0.15) is 12.4 Å². The lowest BCUT2D eigenvalue weighted by molar-refractivity contribution is 0.264. The number of benzene rings is 2. The van der Waals surface area contributed by atoms with E-state index < -0.39 is 0 Å². The maximum Gasteiger partial charge on any atom is 0.288 e. The van der Waals surface area contributed by atoms with Gasteiger partial charge in [0.2, 0.25) is 0 Å². The Balaban J connectivity index is 2.35. The predicted octanol–water partition coefficient (Wildman–Crippen LogP) is 4.88. The molecule has 2 rings (SSSR count). The third-order valence-corrected chi connectivity index (χ3v) is 4.71. The molecule has 0 spiro atoms. The number of ether oxygens (including phenoxy) is 2. The van der Waals surface area contributed by atoms with Gasteiger partial charge in [-0.15, -0.1) is 0 Å². The summed E-state index contributed by atoms with van der Waals surface area (Å²) in [6.45, 7) is 8.60. The Morgan fingerprint density at radius 3 is 2.44 bits per heavy atom. The molecule has 0 aliphatic heterocycles. The molecule has 134 valence electrons. The van der Waals surface area contributed by atoms with Crippen LogP contribution in [0.3, 0.4) is 0 Å². The molecule has 0 aliphatic carbocycles. The Morgan fingerprint density at radius 2 is 1.80 bits per heavy atom. The third-order valence-electron chi connectivity index (χ3n) is 4.37. The fourth-order valence-corrected chi connectivity index (χ4v) is 2.84. The number of hydrogen-bond donors (Lipinski definition) is 1. The van der Waals surface area contributed by atoms with Crippen LogP contribution in [0.4, 0.5) is 5.69 Å². The highest BCUT2D eigenvalue weighted by atomic mass is 32.1. The average molecular weight is 359 g/mol. The van der Waals surface area contributed by atoms with Crippen LogP contribution < -0.4 is 9.80 Å². The normalized spacial score (nSPS) is 10.5. The van der Waals surface area contributed by atoms with Crippen LogP contribution in [0.2, 0.25) is 0 Å². The van der Waals surface area contributed by atoms with Gasteiger partial charge in [0.05, 0.1) is 12.8 Å². The number of anilines is 1. The minimum Gasteiger partial charge on any atom is -0.489 e. The Hall–Kier alpha value is -2.11. The zero-order valence-corrected chi connectivity index (χ0v) is 16.2. The van der Waals surface area contributed by atoms with Gasteiger partial charge in [-0.05, 0) is 73.8 Å². The average Bonchev–Trinajstić information content (AvgIpc) is 2.61. The summed E-state index contributed by atoms with van der Waals surface area (Å²) < 4.78 is 11.1. The van der Waals surface area contributed by atoms with Crippen molar-refractivity contribution < 1.29 is 14.7 Å². The molecule has 1 N–H and O–H groups in total. The summed E-state index contributed by atoms with van der Waals surface area (Å²) in [5.74, 6) is 0.846. The lowest BCUT2D eigenvalue weighted by Crippen LogP contribution is -2.28. The van der Waals surface area contributed by atoms with Gasteiger partial charge in [-0.1, -0.05) is 25.1 Å². The third kappa shape index (κ3) is 4.30. The van der Waals surface area contributed by atoms with Crippen molar-refractivity contribution >= 4 is 23.1 Å². The van der Waals surface area contributed by atoms with Crippen LogP contribution in [0.1, 0.15) is 34.7 Å². The summed E-state index contributed by atoms with van der Waals surface area (Å²) in [5.41, 5.74) is 6.08. The zero-order valence-electron chi connectivity index (χ0n) is 15.4. The first-order valence-corrected chi connectivity index (χ1v) is 8.68. The molecule has 0 atom stereocenters. The van der Waals surface area contributed by atoms with E-state index >= 15 is 0 Å². The van der Waals surface area contributed by atoms with E-state index in [1.54, 1.807) is 6.07 Å². The molecule has 5 heteroatoms. The van der Waals surface area contributed by atoms with Crippen LogP contribution in [-0.4, -0.2) is 17.5 Å². The number of aryl methyl sites for hydroxylation is 4. The molecule has 0 saturated heterocycles. The van der Waals surface area contributed by atoms with Gasteiger partial charge in [-0.25, -0.2) is 0 Å². The summed E-state index contributed by atoms with van der Waals surface area (Å²) in [6.07, 6.45) is 0.825. The van der Waals surface area contributed by atoms with Crippen molar-refractivity contribution in [3.05, 3.63) is 58.1 Å². The molecule has 0 fully saturated rings. The van der Waals surface area contributed by atoms with E-state index in [9.17, 15) is 5.21 Å². The van der Waals surface area contributed by atoms with Crippen molar-refractivity contribution in [1.82, 2.24) is 0 Å². The number of methoxy groups -OCH3 is 1. The minimum absolute atomic E-state index is 0.00290. The molecule has 0 amide bonds. The van der Waals surface area contributed by atoms with Gasteiger partial charge < -0.3 is 9.47 Å². The summed E-state index contributed by atoms with van der Waals surface area (Å²) in [4.78, 5) is 0. The molecule has 0 aromatic heterocycles. The standard InChI is InChI=1S/C20H25NO3S/c1-6-16-8-7-9-18(21(22)20(25)23-5)17(16)12-24-19-11-14(3)13(2)10-15(19)4/h7-11,22H,6,12H2,1-5H3. The van der Waals surface area contributed by atoms with Gasteiger partial charge in [-0.3, -0.25) is 5.21 Å². The molecular weight excluding hydrogens is 334 g/mol. The topological polar surface area (TPSA) is 41.9 Å². The van der Waals surface area contributed by atoms with Gasteiger partial charge in [0.15, 0.2) is 0 Å². The summed E-state index contributed by atoms with van der Waals surface area (Å²) in [6, 6.07) is 9.89. The first-order valence-electron chi connectivity index (χ1n) is 8.27. The highest BCUT2D eigenvalue weighted by Crippen LogP contribution is 2.28. The lowest BCUT2D eigenvalue weighted by atomic mass is 10.0. The number of hydrogen-bond acceptors (Lipinski definition) is 4. The molecule has 0 aliphatic rings. The van der Waals surface area contributed by atoms with Crippen molar-refractivity contribution in [2.75, 3.05) is 12.2 Å². The maximum absolute atomic E-state index is 10.3. The molecule has 25 heavy (non-hydrogen) atoms. The SMILES string of the molecule is CCc1cccc(N(O)C(=S)OC)c1COc1cc(C)c(C)cc1C. The summed E-state index contributed by atoms with van der Waals surface area (Å²) in [5, 5.41) is 11.2. The molecule has 0 unspecified atom stereocenters. The Labute approximate surface area is 155 Å². The van der Waals surface area contributed by atoms with Crippen LogP contribution >= 0.6 is 12.2 Å². The van der Waals surface area contributed by atoms with Gasteiger partial charge in [-0.2, -0.15) is 5.06 Å². The molecule has 0 saturated carbocycles. The highest BCUT2D eigenvalue weighted by molar-refractivity contribution is 7.80. The minimum atomic E-state index is -0.00290. The van der Waals surface area contributed by atoms with E-state index in [0.717, 1.165) is 33.9 Å². The van der Waals surface area contributed by atoms with Gasteiger partial charge >= 0.3 is 0 Å². The van der Waals surface area contributed by atoms with Crippen molar-refractivity contribution in [2.45, 2.75) is 40.7 Å². The van der Waals surface area contributed by atoms with Crippen molar-refractivity contribution in [3.63, 3.8) is 0 Å². The summed E-state index contributed by atoms with van der Waals surface area (Å²) >= 11 is 5.04. The quantitative estimate of drug-likeness (QED) is 0.609. The van der Waals surface area contributed by atoms with Crippen LogP contribution in [-0.2, 0) is 17.8 Å². The zero-order chi connectivity index (χ0) is 18.6. The van der Waals surface area contributed by atoms with Gasteiger partial charge in [0.25, 0.3) is 5.17 Å². The number of hydroxylamine groups is 1. The highest BCUT2D eigenvalue weighted by Gasteiger charge is 2.17. The summed E-state index contributed by atoms with van der Waals surface area (Å²) in [7, 11) is 1.43. The number of thiocarbonyl (C=S) groups is 1. The second kappa shape index (κ2) is 8.32. The van der Waals surface area contributed by atoms with E-state index in [-0.39, 0.29) is 5.17 Å². The second-order valence-electron chi connectivity index (χ2n) is 6.04. The fraction of sp³-hybridized carbons (Fsp3) is 0.350. The van der Waals surface area contributed by atoms with Crippen molar-refractivity contribution in [2.24, 2.45) is 0 Å². The largest absolute Gasteiger partial charge is 0.489 e. The number of rotatable bonds is 5. The van der Waals surface area contributed by atoms with Crippen LogP contribution in [0.15, 0.2) is 30.3 Å². The fourth-order valence-electron chi connectivity index (χ4n) is 2.74. The Bertz CT molecular complexity index is 774. The molecule has 2 aromatic carbocycles. The predicted molar refractivity (Wildman–Crippen MR) is 105 cm³/mol. The van der Waals surface area contributed by atoms with Gasteiger partial charge in [0, 0.05) is 5.56 Å². The first kappa shape index (κ1) is 19.2. The van der Waals surface area contributed by atoms with Crippen LogP contribution in [0.25, 0.3) is 0 Å². The molecular formula is C20H25NO3S. The Morgan fingerprint density at radius 1 is 1.12 bits per heavy atom. The molecule has 4 nitrogen and oxygen atoms in total.